The second kappa shape index (κ2) is 19.2. The lowest BCUT2D eigenvalue weighted by molar-refractivity contribution is -0.143. The maximum Gasteiger partial charge on any atom is 0.334 e. The predicted octanol–water partition coefficient (Wildman–Crippen LogP) is 8.08. The van der Waals surface area contributed by atoms with Gasteiger partial charge in [-0.05, 0) is 38.0 Å². The van der Waals surface area contributed by atoms with Gasteiger partial charge in [0.2, 0.25) is 0 Å². The first kappa shape index (κ1) is 28.7. The van der Waals surface area contributed by atoms with Crippen LogP contribution < -0.4 is 0 Å². The van der Waals surface area contributed by atoms with Gasteiger partial charge in [-0.2, -0.15) is 0 Å². The number of ether oxygens (including phenoxy) is 2. The summed E-state index contributed by atoms with van der Waals surface area (Å²) in [4.78, 5) is 26.0. The summed E-state index contributed by atoms with van der Waals surface area (Å²) in [7, 11) is 0. The molecule has 1 aliphatic carbocycles. The molecule has 32 heavy (non-hydrogen) atoms. The summed E-state index contributed by atoms with van der Waals surface area (Å²) in [5.41, 5.74) is 1.21. The van der Waals surface area contributed by atoms with E-state index in [4.69, 9.17) is 9.47 Å². The van der Waals surface area contributed by atoms with Gasteiger partial charge in [-0.1, -0.05) is 104 Å². The Labute approximate surface area is 197 Å². The van der Waals surface area contributed by atoms with Crippen molar-refractivity contribution in [2.75, 3.05) is 13.2 Å². The molecule has 0 aromatic heterocycles. The van der Waals surface area contributed by atoms with Gasteiger partial charge < -0.3 is 9.47 Å². The standard InChI is InChI=1S/C28H50O4/c1-4-7-9-11-13-17-22-31-27(29)25(19-6-3)26(24-20-15-16-21-24)28(30)32-23-18-14-12-10-8-5-2/h24H,4-23H2,1-3H3. The highest BCUT2D eigenvalue weighted by molar-refractivity contribution is 6.00. The van der Waals surface area contributed by atoms with Crippen molar-refractivity contribution in [1.29, 1.82) is 0 Å². The molecule has 1 rings (SSSR count). The molecule has 4 nitrogen and oxygen atoms in total. The van der Waals surface area contributed by atoms with Crippen LogP contribution in [0, 0.1) is 5.92 Å². The maximum atomic E-state index is 13.1. The summed E-state index contributed by atoms with van der Waals surface area (Å²) in [5.74, 6) is -0.417. The van der Waals surface area contributed by atoms with Crippen molar-refractivity contribution >= 4 is 11.9 Å². The van der Waals surface area contributed by atoms with Gasteiger partial charge in [-0.3, -0.25) is 0 Å². The largest absolute Gasteiger partial charge is 0.462 e. The molecule has 4 heteroatoms. The van der Waals surface area contributed by atoms with Gasteiger partial charge in [0, 0.05) is 5.57 Å². The summed E-state index contributed by atoms with van der Waals surface area (Å²) in [5, 5.41) is 0. The summed E-state index contributed by atoms with van der Waals surface area (Å²) in [6.45, 7) is 7.38. The lowest BCUT2D eigenvalue weighted by atomic mass is 9.90. The van der Waals surface area contributed by atoms with Gasteiger partial charge in [0.05, 0.1) is 18.8 Å². The van der Waals surface area contributed by atoms with Crippen molar-refractivity contribution in [3.63, 3.8) is 0 Å². The third-order valence-electron chi connectivity index (χ3n) is 6.52. The van der Waals surface area contributed by atoms with Crippen LogP contribution >= 0.6 is 0 Å². The molecule has 1 aliphatic rings. The Balaban J connectivity index is 2.66. The third-order valence-corrected chi connectivity index (χ3v) is 6.52. The smallest absolute Gasteiger partial charge is 0.334 e. The molecule has 0 bridgehead atoms. The molecule has 0 aliphatic heterocycles. The number of esters is 2. The SMILES string of the molecule is CCCCCCCCOC(=O)C(CCC)=C(C(=O)OCCCCCCCC)C1CCCC1. The number of rotatable bonds is 19. The van der Waals surface area contributed by atoms with E-state index in [1.807, 2.05) is 0 Å². The fourth-order valence-corrected chi connectivity index (χ4v) is 4.61. The van der Waals surface area contributed by atoms with Crippen LogP contribution in [-0.4, -0.2) is 25.2 Å². The first-order valence-electron chi connectivity index (χ1n) is 13.7. The van der Waals surface area contributed by atoms with Crippen LogP contribution in [0.5, 0.6) is 0 Å². The first-order valence-corrected chi connectivity index (χ1v) is 13.7. The Hall–Kier alpha value is -1.32. The van der Waals surface area contributed by atoms with Crippen molar-refractivity contribution in [1.82, 2.24) is 0 Å². The van der Waals surface area contributed by atoms with Crippen LogP contribution in [0.4, 0.5) is 0 Å². The minimum atomic E-state index is -0.293. The highest BCUT2D eigenvalue weighted by Gasteiger charge is 2.31. The molecule has 0 amide bonds. The highest BCUT2D eigenvalue weighted by Crippen LogP contribution is 2.35. The van der Waals surface area contributed by atoms with Crippen molar-refractivity contribution in [2.45, 2.75) is 136 Å². The zero-order chi connectivity index (χ0) is 23.4. The molecular formula is C28H50O4. The molecule has 1 fully saturated rings. The normalized spacial score (nSPS) is 15.0. The van der Waals surface area contributed by atoms with Crippen LogP contribution in [-0.2, 0) is 19.1 Å². The van der Waals surface area contributed by atoms with Gasteiger partial charge in [0.25, 0.3) is 0 Å². The van der Waals surface area contributed by atoms with Gasteiger partial charge in [0.1, 0.15) is 0 Å². The number of hydrogen-bond acceptors (Lipinski definition) is 4. The second-order valence-corrected chi connectivity index (χ2v) is 9.43. The fourth-order valence-electron chi connectivity index (χ4n) is 4.61. The molecule has 0 atom stereocenters. The highest BCUT2D eigenvalue weighted by atomic mass is 16.5. The van der Waals surface area contributed by atoms with E-state index in [1.165, 1.54) is 51.4 Å². The quantitative estimate of drug-likeness (QED) is 0.113. The Morgan fingerprint density at radius 3 is 1.59 bits per heavy atom. The fraction of sp³-hybridized carbons (Fsp3) is 0.857. The van der Waals surface area contributed by atoms with E-state index in [0.717, 1.165) is 57.8 Å². The number of carbonyl (C=O) groups is 2. The van der Waals surface area contributed by atoms with Gasteiger partial charge in [-0.25, -0.2) is 9.59 Å². The number of carbonyl (C=O) groups excluding carboxylic acids is 2. The molecule has 0 heterocycles. The van der Waals surface area contributed by atoms with Crippen molar-refractivity contribution < 1.29 is 19.1 Å². The first-order chi connectivity index (χ1) is 15.7. The summed E-state index contributed by atoms with van der Waals surface area (Å²) < 4.78 is 11.3. The molecule has 0 spiro atoms. The van der Waals surface area contributed by atoms with Crippen LogP contribution in [0.1, 0.15) is 136 Å². The van der Waals surface area contributed by atoms with E-state index in [-0.39, 0.29) is 17.9 Å². The van der Waals surface area contributed by atoms with E-state index in [2.05, 4.69) is 20.8 Å². The van der Waals surface area contributed by atoms with Crippen molar-refractivity contribution in [2.24, 2.45) is 5.92 Å². The van der Waals surface area contributed by atoms with Gasteiger partial charge in [-0.15, -0.1) is 0 Å². The van der Waals surface area contributed by atoms with Crippen LogP contribution in [0.15, 0.2) is 11.1 Å². The van der Waals surface area contributed by atoms with Crippen molar-refractivity contribution in [3.05, 3.63) is 11.1 Å². The number of hydrogen-bond donors (Lipinski definition) is 0. The topological polar surface area (TPSA) is 52.6 Å². The Kier molecular flexibility index (Phi) is 17.2. The Bertz CT molecular complexity index is 532. The molecule has 186 valence electrons. The van der Waals surface area contributed by atoms with E-state index >= 15 is 0 Å². The van der Waals surface area contributed by atoms with E-state index in [9.17, 15) is 9.59 Å². The third kappa shape index (κ3) is 12.1. The van der Waals surface area contributed by atoms with Crippen molar-refractivity contribution in [3.8, 4) is 0 Å². The lowest BCUT2D eigenvalue weighted by Gasteiger charge is -2.19. The zero-order valence-electron chi connectivity index (χ0n) is 21.4. The summed E-state index contributed by atoms with van der Waals surface area (Å²) in [6, 6.07) is 0. The van der Waals surface area contributed by atoms with E-state index in [0.29, 0.717) is 30.8 Å². The Morgan fingerprint density at radius 1 is 0.625 bits per heavy atom. The maximum absolute atomic E-state index is 13.1. The average molecular weight is 451 g/mol. The van der Waals surface area contributed by atoms with Gasteiger partial charge in [0.15, 0.2) is 0 Å². The molecule has 0 saturated heterocycles. The average Bonchev–Trinajstić information content (AvgIpc) is 3.31. The minimum Gasteiger partial charge on any atom is -0.462 e. The van der Waals surface area contributed by atoms with Gasteiger partial charge >= 0.3 is 11.9 Å². The predicted molar refractivity (Wildman–Crippen MR) is 133 cm³/mol. The molecular weight excluding hydrogens is 400 g/mol. The molecule has 1 saturated carbocycles. The Morgan fingerprint density at radius 2 is 1.09 bits per heavy atom. The molecule has 0 unspecified atom stereocenters. The van der Waals surface area contributed by atoms with E-state index < -0.39 is 0 Å². The van der Waals surface area contributed by atoms with E-state index in [1.54, 1.807) is 0 Å². The number of unbranched alkanes of at least 4 members (excludes halogenated alkanes) is 10. The monoisotopic (exact) mass is 450 g/mol. The summed E-state index contributed by atoms with van der Waals surface area (Å²) >= 11 is 0. The zero-order valence-corrected chi connectivity index (χ0v) is 21.4. The minimum absolute atomic E-state index is 0.148. The summed E-state index contributed by atoms with van der Waals surface area (Å²) in [6.07, 6.45) is 19.5. The molecule has 0 aromatic carbocycles. The molecule has 0 N–H and O–H groups in total. The van der Waals surface area contributed by atoms with Crippen LogP contribution in [0.2, 0.25) is 0 Å². The van der Waals surface area contributed by atoms with Crippen LogP contribution in [0.25, 0.3) is 0 Å². The molecule has 0 radical (unpaired) electrons. The van der Waals surface area contributed by atoms with Crippen LogP contribution in [0.3, 0.4) is 0 Å². The molecule has 0 aromatic rings. The lowest BCUT2D eigenvalue weighted by Crippen LogP contribution is -2.22. The second-order valence-electron chi connectivity index (χ2n) is 9.43.